The molecular formula is C19H17FN2S. The predicted octanol–water partition coefficient (Wildman–Crippen LogP) is 5.20. The van der Waals surface area contributed by atoms with Gasteiger partial charge in [-0.1, -0.05) is 48.5 Å². The van der Waals surface area contributed by atoms with Gasteiger partial charge in [0.05, 0.1) is 11.4 Å². The van der Waals surface area contributed by atoms with Gasteiger partial charge >= 0.3 is 0 Å². The first-order chi connectivity index (χ1) is 11.2. The molecule has 0 unspecified atom stereocenters. The van der Waals surface area contributed by atoms with Crippen molar-refractivity contribution >= 4 is 39.5 Å². The molecule has 116 valence electrons. The molecule has 3 aromatic rings. The third kappa shape index (κ3) is 3.17. The van der Waals surface area contributed by atoms with E-state index in [0.717, 1.165) is 16.5 Å². The van der Waals surface area contributed by atoms with Crippen molar-refractivity contribution in [1.82, 2.24) is 0 Å². The summed E-state index contributed by atoms with van der Waals surface area (Å²) < 4.78 is 13.8. The Morgan fingerprint density at radius 1 is 1.00 bits per heavy atom. The van der Waals surface area contributed by atoms with Crippen molar-refractivity contribution in [2.45, 2.75) is 6.92 Å². The molecular weight excluding hydrogens is 307 g/mol. The van der Waals surface area contributed by atoms with Crippen LogP contribution in [0.1, 0.15) is 6.92 Å². The normalized spacial score (nSPS) is 10.5. The Bertz CT molecular complexity index is 842. The van der Waals surface area contributed by atoms with E-state index in [1.807, 2.05) is 36.1 Å². The maximum absolute atomic E-state index is 13.8. The highest BCUT2D eigenvalue weighted by atomic mass is 32.1. The lowest BCUT2D eigenvalue weighted by Gasteiger charge is -2.26. The summed E-state index contributed by atoms with van der Waals surface area (Å²) in [4.78, 5) is 1.98. The van der Waals surface area contributed by atoms with Gasteiger partial charge < -0.3 is 10.2 Å². The number of nitrogens with zero attached hydrogens (tertiary/aromatic N) is 1. The summed E-state index contributed by atoms with van der Waals surface area (Å²) in [7, 11) is 0. The largest absolute Gasteiger partial charge is 0.330 e. The number of halogens is 1. The number of thiocarbonyl (C=S) groups is 1. The van der Waals surface area contributed by atoms with Crippen molar-refractivity contribution in [3.63, 3.8) is 0 Å². The van der Waals surface area contributed by atoms with Crippen LogP contribution in [-0.4, -0.2) is 11.7 Å². The smallest absolute Gasteiger partial charge is 0.178 e. The van der Waals surface area contributed by atoms with Gasteiger partial charge in [0, 0.05) is 11.9 Å². The van der Waals surface area contributed by atoms with Crippen molar-refractivity contribution < 1.29 is 4.39 Å². The highest BCUT2D eigenvalue weighted by molar-refractivity contribution is 7.80. The predicted molar refractivity (Wildman–Crippen MR) is 99.6 cm³/mol. The van der Waals surface area contributed by atoms with Crippen LogP contribution in [0.4, 0.5) is 15.8 Å². The summed E-state index contributed by atoms with van der Waals surface area (Å²) in [5.41, 5.74) is 1.40. The number of hydrogen-bond donors (Lipinski definition) is 1. The average Bonchev–Trinajstić information content (AvgIpc) is 2.58. The van der Waals surface area contributed by atoms with Gasteiger partial charge in [0.25, 0.3) is 0 Å². The molecule has 1 N–H and O–H groups in total. The van der Waals surface area contributed by atoms with Crippen LogP contribution in [0.15, 0.2) is 66.7 Å². The van der Waals surface area contributed by atoms with Crippen LogP contribution in [0.3, 0.4) is 0 Å². The van der Waals surface area contributed by atoms with E-state index in [2.05, 4.69) is 23.5 Å². The molecule has 0 aliphatic carbocycles. The number of nitrogens with one attached hydrogen (secondary N) is 1. The summed E-state index contributed by atoms with van der Waals surface area (Å²) in [5.74, 6) is -0.316. The highest BCUT2D eigenvalue weighted by Crippen LogP contribution is 2.27. The van der Waals surface area contributed by atoms with E-state index in [0.29, 0.717) is 17.3 Å². The summed E-state index contributed by atoms with van der Waals surface area (Å²) in [6.07, 6.45) is 0. The quantitative estimate of drug-likeness (QED) is 0.666. The maximum Gasteiger partial charge on any atom is 0.178 e. The lowest BCUT2D eigenvalue weighted by atomic mass is 10.1. The zero-order valence-corrected chi connectivity index (χ0v) is 13.6. The molecule has 0 saturated carbocycles. The Kier molecular flexibility index (Phi) is 4.53. The number of hydrogen-bond acceptors (Lipinski definition) is 1. The molecule has 0 aliphatic rings. The van der Waals surface area contributed by atoms with Gasteiger partial charge in [-0.05, 0) is 42.7 Å². The molecule has 3 rings (SSSR count). The van der Waals surface area contributed by atoms with Gasteiger partial charge in [-0.25, -0.2) is 4.39 Å². The second kappa shape index (κ2) is 6.75. The van der Waals surface area contributed by atoms with Gasteiger partial charge in [-0.15, -0.1) is 0 Å². The Labute approximate surface area is 140 Å². The fourth-order valence-corrected chi connectivity index (χ4v) is 2.95. The zero-order chi connectivity index (χ0) is 16.2. The average molecular weight is 324 g/mol. The molecule has 0 aliphatic heterocycles. The summed E-state index contributed by atoms with van der Waals surface area (Å²) in [5, 5.41) is 5.76. The molecule has 4 heteroatoms. The number of benzene rings is 3. The lowest BCUT2D eigenvalue weighted by Crippen LogP contribution is -2.34. The minimum atomic E-state index is -0.316. The van der Waals surface area contributed by atoms with E-state index >= 15 is 0 Å². The van der Waals surface area contributed by atoms with Gasteiger partial charge in [0.1, 0.15) is 5.82 Å². The third-order valence-corrected chi connectivity index (χ3v) is 4.06. The first-order valence-corrected chi connectivity index (χ1v) is 7.92. The van der Waals surface area contributed by atoms with E-state index in [9.17, 15) is 4.39 Å². The molecule has 0 fully saturated rings. The van der Waals surface area contributed by atoms with Crippen molar-refractivity contribution in [3.8, 4) is 0 Å². The molecule has 0 heterocycles. The van der Waals surface area contributed by atoms with E-state index in [4.69, 9.17) is 12.2 Å². The van der Waals surface area contributed by atoms with Crippen LogP contribution in [0, 0.1) is 5.82 Å². The fraction of sp³-hybridized carbons (Fsp3) is 0.105. The number of rotatable bonds is 3. The summed E-state index contributed by atoms with van der Waals surface area (Å²) in [6, 6.07) is 20.8. The number of fused-ring (bicyclic) bond motifs is 1. The topological polar surface area (TPSA) is 15.3 Å². The van der Waals surface area contributed by atoms with E-state index < -0.39 is 0 Å². The first kappa shape index (κ1) is 15.4. The second-order valence-corrected chi connectivity index (χ2v) is 5.54. The van der Waals surface area contributed by atoms with Crippen molar-refractivity contribution in [2.24, 2.45) is 0 Å². The zero-order valence-electron chi connectivity index (χ0n) is 12.8. The molecule has 0 amide bonds. The SMILES string of the molecule is CCN(C(=S)Nc1ccccc1F)c1cccc2ccccc12. The molecule has 0 bridgehead atoms. The molecule has 0 spiro atoms. The van der Waals surface area contributed by atoms with E-state index in [1.165, 1.54) is 6.07 Å². The summed E-state index contributed by atoms with van der Waals surface area (Å²) >= 11 is 5.51. The Morgan fingerprint density at radius 3 is 2.48 bits per heavy atom. The minimum absolute atomic E-state index is 0.316. The fourth-order valence-electron chi connectivity index (χ4n) is 2.61. The van der Waals surface area contributed by atoms with Gasteiger partial charge in [0.15, 0.2) is 5.11 Å². The van der Waals surface area contributed by atoms with Crippen LogP contribution < -0.4 is 10.2 Å². The van der Waals surface area contributed by atoms with Crippen LogP contribution in [0.2, 0.25) is 0 Å². The first-order valence-electron chi connectivity index (χ1n) is 7.51. The number of anilines is 2. The highest BCUT2D eigenvalue weighted by Gasteiger charge is 2.14. The molecule has 0 atom stereocenters. The minimum Gasteiger partial charge on any atom is -0.330 e. The molecule has 0 aromatic heterocycles. The van der Waals surface area contributed by atoms with Gasteiger partial charge in [-0.3, -0.25) is 0 Å². The molecule has 3 aromatic carbocycles. The second-order valence-electron chi connectivity index (χ2n) is 5.15. The molecule has 0 saturated heterocycles. The molecule has 0 radical (unpaired) electrons. The Balaban J connectivity index is 1.95. The van der Waals surface area contributed by atoms with Crippen LogP contribution in [0.5, 0.6) is 0 Å². The van der Waals surface area contributed by atoms with Crippen LogP contribution >= 0.6 is 12.2 Å². The Morgan fingerprint density at radius 2 is 1.70 bits per heavy atom. The monoisotopic (exact) mass is 324 g/mol. The third-order valence-electron chi connectivity index (χ3n) is 3.73. The maximum atomic E-state index is 13.8. The van der Waals surface area contributed by atoms with Crippen LogP contribution in [0.25, 0.3) is 10.8 Å². The van der Waals surface area contributed by atoms with E-state index in [1.54, 1.807) is 18.2 Å². The van der Waals surface area contributed by atoms with Crippen molar-refractivity contribution in [2.75, 3.05) is 16.8 Å². The molecule has 23 heavy (non-hydrogen) atoms. The summed E-state index contributed by atoms with van der Waals surface area (Å²) in [6.45, 7) is 2.71. The van der Waals surface area contributed by atoms with Crippen molar-refractivity contribution in [3.05, 3.63) is 72.5 Å². The lowest BCUT2D eigenvalue weighted by molar-refractivity contribution is 0.632. The van der Waals surface area contributed by atoms with Gasteiger partial charge in [0.2, 0.25) is 0 Å². The Hall–Kier alpha value is -2.46. The van der Waals surface area contributed by atoms with E-state index in [-0.39, 0.29) is 5.82 Å². The standard InChI is InChI=1S/C19H17FN2S/c1-2-22(19(23)21-17-12-6-5-11-16(17)20)18-13-7-9-14-8-3-4-10-15(14)18/h3-13H,2H2,1H3,(H,21,23). The molecule has 2 nitrogen and oxygen atoms in total. The van der Waals surface area contributed by atoms with Crippen LogP contribution in [-0.2, 0) is 0 Å². The van der Waals surface area contributed by atoms with Crippen molar-refractivity contribution in [1.29, 1.82) is 0 Å². The number of para-hydroxylation sites is 1. The van der Waals surface area contributed by atoms with Gasteiger partial charge in [-0.2, -0.15) is 0 Å².